The Hall–Kier alpha value is -2.84. The van der Waals surface area contributed by atoms with E-state index in [4.69, 9.17) is 26.7 Å². The first-order valence-electron chi connectivity index (χ1n) is 9.35. The number of hydrogen-bond donors (Lipinski definition) is 3. The number of carboxylic acids is 1. The highest BCUT2D eigenvalue weighted by Gasteiger charge is 2.41. The van der Waals surface area contributed by atoms with Gasteiger partial charge in [0.25, 0.3) is 5.91 Å². The minimum absolute atomic E-state index is 0.0574. The summed E-state index contributed by atoms with van der Waals surface area (Å²) in [7, 11) is -4.62. The molecule has 1 fully saturated rings. The quantitative estimate of drug-likeness (QED) is 0.382. The molecule has 0 radical (unpaired) electrons. The molecule has 1 saturated heterocycles. The van der Waals surface area contributed by atoms with Crippen LogP contribution in [0.25, 0.3) is 0 Å². The molecular weight excluding hydrogens is 488 g/mol. The molecule has 14 heteroatoms. The molecule has 0 saturated carbocycles. The maximum Gasteiger partial charge on any atom is 0.317 e. The minimum Gasteiger partial charge on any atom is -0.480 e. The van der Waals surface area contributed by atoms with Crippen molar-refractivity contribution in [2.24, 2.45) is 0 Å². The van der Waals surface area contributed by atoms with Crippen LogP contribution < -0.4 is 10.2 Å². The SMILES string of the molecule is O=C(O)CN1CCN(S(=O)(=O)c2cc(F)c(Oc3ccc(Cl)cc3)c(F)c2)[C@H](C(=O)NO)C1. The molecule has 0 bridgehead atoms. The number of halogens is 3. The highest BCUT2D eigenvalue weighted by molar-refractivity contribution is 7.89. The van der Waals surface area contributed by atoms with Gasteiger partial charge >= 0.3 is 5.97 Å². The fourth-order valence-corrected chi connectivity index (χ4v) is 4.99. The zero-order chi connectivity index (χ0) is 24.3. The fourth-order valence-electron chi connectivity index (χ4n) is 3.27. The van der Waals surface area contributed by atoms with Crippen molar-refractivity contribution in [1.29, 1.82) is 0 Å². The topological polar surface area (TPSA) is 136 Å². The predicted octanol–water partition coefficient (Wildman–Crippen LogP) is 1.68. The molecule has 3 rings (SSSR count). The summed E-state index contributed by atoms with van der Waals surface area (Å²) < 4.78 is 61.3. The van der Waals surface area contributed by atoms with Crippen LogP contribution in [0.4, 0.5) is 8.78 Å². The summed E-state index contributed by atoms with van der Waals surface area (Å²) in [5, 5.41) is 18.3. The lowest BCUT2D eigenvalue weighted by Crippen LogP contribution is -2.60. The summed E-state index contributed by atoms with van der Waals surface area (Å²) in [4.78, 5) is 23.5. The Morgan fingerprint density at radius 3 is 2.30 bits per heavy atom. The molecular formula is C19H18ClF2N3O7S. The van der Waals surface area contributed by atoms with Crippen LogP contribution in [-0.2, 0) is 19.6 Å². The van der Waals surface area contributed by atoms with Gasteiger partial charge < -0.3 is 9.84 Å². The van der Waals surface area contributed by atoms with Crippen molar-refractivity contribution in [3.05, 3.63) is 53.1 Å². The third-order valence-corrected chi connectivity index (χ3v) is 6.94. The minimum atomic E-state index is -4.62. The monoisotopic (exact) mass is 505 g/mol. The van der Waals surface area contributed by atoms with Crippen LogP contribution in [0.5, 0.6) is 11.5 Å². The number of aliphatic carboxylic acids is 1. The predicted molar refractivity (Wildman–Crippen MR) is 110 cm³/mol. The van der Waals surface area contributed by atoms with E-state index in [0.29, 0.717) is 21.5 Å². The van der Waals surface area contributed by atoms with Crippen molar-refractivity contribution >= 4 is 33.5 Å². The summed E-state index contributed by atoms with van der Waals surface area (Å²) in [6.07, 6.45) is 0. The Morgan fingerprint density at radius 1 is 1.15 bits per heavy atom. The second-order valence-electron chi connectivity index (χ2n) is 7.01. The maximum absolute atomic E-state index is 14.6. The van der Waals surface area contributed by atoms with Crippen LogP contribution in [-0.4, -0.2) is 72.0 Å². The number of benzene rings is 2. The van der Waals surface area contributed by atoms with Crippen molar-refractivity contribution in [3.63, 3.8) is 0 Å². The third kappa shape index (κ3) is 5.57. The van der Waals surface area contributed by atoms with Crippen LogP contribution in [0.15, 0.2) is 41.3 Å². The molecule has 0 aliphatic carbocycles. The molecule has 2 aromatic carbocycles. The normalized spacial score (nSPS) is 17.5. The van der Waals surface area contributed by atoms with Gasteiger partial charge in [-0.3, -0.25) is 19.7 Å². The molecule has 10 nitrogen and oxygen atoms in total. The zero-order valence-corrected chi connectivity index (χ0v) is 18.3. The number of piperazine rings is 1. The van der Waals surface area contributed by atoms with Gasteiger partial charge in [-0.2, -0.15) is 4.31 Å². The van der Waals surface area contributed by atoms with Crippen LogP contribution in [0.3, 0.4) is 0 Å². The fraction of sp³-hybridized carbons (Fsp3) is 0.263. The van der Waals surface area contributed by atoms with Crippen molar-refractivity contribution in [2.75, 3.05) is 26.2 Å². The maximum atomic E-state index is 14.6. The van der Waals surface area contributed by atoms with Gasteiger partial charge in [-0.25, -0.2) is 22.7 Å². The smallest absolute Gasteiger partial charge is 0.317 e. The van der Waals surface area contributed by atoms with Crippen molar-refractivity contribution in [2.45, 2.75) is 10.9 Å². The van der Waals surface area contributed by atoms with Crippen molar-refractivity contribution < 1.29 is 41.8 Å². The summed E-state index contributed by atoms with van der Waals surface area (Å²) in [6, 6.07) is 5.14. The number of carbonyl (C=O) groups excluding carboxylic acids is 1. The van der Waals surface area contributed by atoms with E-state index in [1.54, 1.807) is 0 Å². The number of ether oxygens (including phenoxy) is 1. The summed E-state index contributed by atoms with van der Waals surface area (Å²) in [5.74, 6) is -5.73. The number of sulfonamides is 1. The summed E-state index contributed by atoms with van der Waals surface area (Å²) in [6.45, 7) is -1.26. The van der Waals surface area contributed by atoms with Gasteiger partial charge in [0.1, 0.15) is 11.8 Å². The number of nitrogens with one attached hydrogen (secondary N) is 1. The Bertz CT molecular complexity index is 1140. The van der Waals surface area contributed by atoms with Crippen molar-refractivity contribution in [3.8, 4) is 11.5 Å². The largest absolute Gasteiger partial charge is 0.480 e. The molecule has 1 aliphatic rings. The second-order valence-corrected chi connectivity index (χ2v) is 9.34. The van der Waals surface area contributed by atoms with Crippen LogP contribution in [0, 0.1) is 11.6 Å². The molecule has 1 heterocycles. The third-order valence-electron chi connectivity index (χ3n) is 4.80. The van der Waals surface area contributed by atoms with Gasteiger partial charge in [-0.05, 0) is 36.4 Å². The summed E-state index contributed by atoms with van der Waals surface area (Å²) in [5.41, 5.74) is 1.33. The van der Waals surface area contributed by atoms with E-state index in [0.717, 1.165) is 0 Å². The molecule has 0 spiro atoms. The second kappa shape index (κ2) is 9.97. The Labute approximate surface area is 191 Å². The first-order chi connectivity index (χ1) is 15.5. The first-order valence-corrected chi connectivity index (χ1v) is 11.2. The molecule has 0 unspecified atom stereocenters. The number of carbonyl (C=O) groups is 2. The molecule has 2 aromatic rings. The number of hydrogen-bond acceptors (Lipinski definition) is 7. The Kier molecular flexibility index (Phi) is 7.49. The average Bonchev–Trinajstić information content (AvgIpc) is 2.76. The van der Waals surface area contributed by atoms with E-state index in [2.05, 4.69) is 0 Å². The zero-order valence-electron chi connectivity index (χ0n) is 16.7. The molecule has 33 heavy (non-hydrogen) atoms. The van der Waals surface area contributed by atoms with Gasteiger partial charge in [-0.15, -0.1) is 0 Å². The molecule has 0 aromatic heterocycles. The van der Waals surface area contributed by atoms with Gasteiger partial charge in [0, 0.05) is 24.7 Å². The number of rotatable bonds is 7. The Balaban J connectivity index is 1.91. The van der Waals surface area contributed by atoms with Gasteiger partial charge in [0.2, 0.25) is 10.0 Å². The van der Waals surface area contributed by atoms with E-state index in [1.807, 2.05) is 0 Å². The summed E-state index contributed by atoms with van der Waals surface area (Å²) >= 11 is 5.75. The first kappa shape index (κ1) is 24.8. The van der Waals surface area contributed by atoms with E-state index in [-0.39, 0.29) is 25.4 Å². The van der Waals surface area contributed by atoms with Crippen molar-refractivity contribution in [1.82, 2.24) is 14.7 Å². The lowest BCUT2D eigenvalue weighted by Gasteiger charge is -2.38. The van der Waals surface area contributed by atoms with Gasteiger partial charge in [0.15, 0.2) is 17.4 Å². The molecule has 3 N–H and O–H groups in total. The number of carboxylic acid groups (broad SMARTS) is 1. The van der Waals surface area contributed by atoms with E-state index in [9.17, 15) is 26.8 Å². The van der Waals surface area contributed by atoms with Gasteiger partial charge in [-0.1, -0.05) is 11.6 Å². The van der Waals surface area contributed by atoms with E-state index < -0.39 is 56.8 Å². The van der Waals surface area contributed by atoms with Crippen LogP contribution in [0.1, 0.15) is 0 Å². The lowest BCUT2D eigenvalue weighted by molar-refractivity contribution is -0.141. The van der Waals surface area contributed by atoms with Crippen LogP contribution >= 0.6 is 11.6 Å². The molecule has 1 atom stereocenters. The Morgan fingerprint density at radius 2 is 1.76 bits per heavy atom. The number of hydroxylamine groups is 1. The van der Waals surface area contributed by atoms with Gasteiger partial charge in [0.05, 0.1) is 11.4 Å². The van der Waals surface area contributed by atoms with E-state index in [1.165, 1.54) is 34.6 Å². The lowest BCUT2D eigenvalue weighted by atomic mass is 10.2. The van der Waals surface area contributed by atoms with E-state index >= 15 is 0 Å². The number of amides is 1. The van der Waals surface area contributed by atoms with Crippen LogP contribution in [0.2, 0.25) is 5.02 Å². The molecule has 1 amide bonds. The number of nitrogens with zero attached hydrogens (tertiary/aromatic N) is 2. The standard InChI is InChI=1S/C19H18ClF2N3O7S/c20-11-1-3-12(4-2-11)32-18-14(21)7-13(8-15(18)22)33(30,31)25-6-5-24(10-17(26)27)9-16(25)19(28)23-29/h1-4,7-8,16,29H,5-6,9-10H2,(H,23,28)(H,26,27)/t16-/m0/s1. The highest BCUT2D eigenvalue weighted by Crippen LogP contribution is 2.32. The molecule has 178 valence electrons. The average molecular weight is 506 g/mol. The highest BCUT2D eigenvalue weighted by atomic mass is 35.5. The molecule has 1 aliphatic heterocycles.